The molecule has 1 amide bonds. The Labute approximate surface area is 147 Å². The first-order valence-electron chi connectivity index (χ1n) is 8.69. The summed E-state index contributed by atoms with van der Waals surface area (Å²) in [5.74, 6) is 1.11. The van der Waals surface area contributed by atoms with E-state index in [1.807, 2.05) is 12.1 Å². The van der Waals surface area contributed by atoms with Crippen LogP contribution in [0.25, 0.3) is 0 Å². The monoisotopic (exact) mass is 341 g/mol. The number of anilines is 1. The second-order valence-electron chi connectivity index (χ2n) is 6.02. The zero-order valence-corrected chi connectivity index (χ0v) is 14.1. The number of hydrogen-bond acceptors (Lipinski definition) is 6. The summed E-state index contributed by atoms with van der Waals surface area (Å²) in [5.41, 5.74) is 0.905. The average molecular weight is 341 g/mol. The molecule has 0 radical (unpaired) electrons. The highest BCUT2D eigenvalue weighted by Gasteiger charge is 2.18. The number of amides is 1. The largest absolute Gasteiger partial charge is 0.474 e. The molecule has 25 heavy (non-hydrogen) atoms. The predicted molar refractivity (Wildman–Crippen MR) is 94.1 cm³/mol. The van der Waals surface area contributed by atoms with Gasteiger partial charge in [0.2, 0.25) is 17.7 Å². The van der Waals surface area contributed by atoms with Gasteiger partial charge in [-0.3, -0.25) is 4.79 Å². The number of aromatic nitrogens is 3. The zero-order chi connectivity index (χ0) is 17.3. The molecule has 1 aliphatic rings. The molecule has 1 aliphatic carbocycles. The van der Waals surface area contributed by atoms with Crippen LogP contribution in [0.2, 0.25) is 0 Å². The Morgan fingerprint density at radius 2 is 1.88 bits per heavy atom. The van der Waals surface area contributed by atoms with Crippen LogP contribution in [0.1, 0.15) is 37.7 Å². The van der Waals surface area contributed by atoms with E-state index in [0.717, 1.165) is 18.4 Å². The first-order chi connectivity index (χ1) is 12.3. The molecule has 7 heteroatoms. The maximum Gasteiger partial charge on any atom is 0.222 e. The molecule has 2 heterocycles. The number of carbonyl (C=O) groups excluding carboxylic acids is 1. The fourth-order valence-electron chi connectivity index (χ4n) is 2.79. The topological polar surface area (TPSA) is 89.0 Å². The number of hydrogen-bond donors (Lipinski definition) is 2. The van der Waals surface area contributed by atoms with Gasteiger partial charge in [-0.25, -0.2) is 15.0 Å². The lowest BCUT2D eigenvalue weighted by molar-refractivity contribution is -0.121. The second kappa shape index (κ2) is 8.96. The Bertz CT molecular complexity index is 674. The van der Waals surface area contributed by atoms with Gasteiger partial charge in [0.25, 0.3) is 0 Å². The van der Waals surface area contributed by atoms with E-state index in [1.165, 1.54) is 12.8 Å². The van der Waals surface area contributed by atoms with Crippen molar-refractivity contribution in [2.45, 2.75) is 44.8 Å². The van der Waals surface area contributed by atoms with Crippen LogP contribution in [0.15, 0.2) is 36.8 Å². The number of nitrogens with zero attached hydrogens (tertiary/aromatic N) is 3. The predicted octanol–water partition coefficient (Wildman–Crippen LogP) is 2.31. The van der Waals surface area contributed by atoms with Crippen molar-refractivity contribution in [3.8, 4) is 5.88 Å². The minimum Gasteiger partial charge on any atom is -0.474 e. The Morgan fingerprint density at radius 1 is 1.12 bits per heavy atom. The highest BCUT2D eigenvalue weighted by molar-refractivity contribution is 5.76. The minimum atomic E-state index is -0.0425. The van der Waals surface area contributed by atoms with Gasteiger partial charge in [-0.1, -0.05) is 6.07 Å². The molecule has 2 aromatic heterocycles. The van der Waals surface area contributed by atoms with Gasteiger partial charge in [-0.05, 0) is 37.8 Å². The van der Waals surface area contributed by atoms with Crippen molar-refractivity contribution in [1.29, 1.82) is 0 Å². The van der Waals surface area contributed by atoms with E-state index < -0.39 is 0 Å². The van der Waals surface area contributed by atoms with Crippen LogP contribution in [-0.2, 0) is 11.3 Å². The first kappa shape index (κ1) is 17.1. The second-order valence-corrected chi connectivity index (χ2v) is 6.02. The molecular formula is C18H23N5O2. The van der Waals surface area contributed by atoms with Crippen LogP contribution in [0, 0.1) is 0 Å². The highest BCUT2D eigenvalue weighted by atomic mass is 16.5. The van der Waals surface area contributed by atoms with E-state index in [1.54, 1.807) is 24.7 Å². The first-order valence-corrected chi connectivity index (χ1v) is 8.69. The van der Waals surface area contributed by atoms with E-state index in [9.17, 15) is 4.79 Å². The van der Waals surface area contributed by atoms with Crippen LogP contribution in [0.3, 0.4) is 0 Å². The molecule has 1 saturated carbocycles. The minimum absolute atomic E-state index is 0.0425. The summed E-state index contributed by atoms with van der Waals surface area (Å²) in [4.78, 5) is 24.4. The summed E-state index contributed by atoms with van der Waals surface area (Å²) in [6.45, 7) is 0.894. The van der Waals surface area contributed by atoms with Gasteiger partial charge in [0.05, 0.1) is 0 Å². The molecule has 7 nitrogen and oxygen atoms in total. The van der Waals surface area contributed by atoms with Gasteiger partial charge < -0.3 is 15.4 Å². The van der Waals surface area contributed by atoms with E-state index in [2.05, 4.69) is 25.6 Å². The number of nitrogens with one attached hydrogen (secondary N) is 2. The molecule has 2 N–H and O–H groups in total. The molecule has 2 aromatic rings. The standard InChI is InChI=1S/C18H23N5O2/c24-16(8-12-22-18-20-10-4-11-21-18)23-13-14-5-3-9-19-17(14)25-15-6-1-2-7-15/h3-5,9-11,15H,1-2,6-8,12-13H2,(H,23,24)(H,20,21,22). The highest BCUT2D eigenvalue weighted by Crippen LogP contribution is 2.24. The maximum atomic E-state index is 12.0. The van der Waals surface area contributed by atoms with Crippen LogP contribution >= 0.6 is 0 Å². The van der Waals surface area contributed by atoms with Gasteiger partial charge in [0, 0.05) is 43.7 Å². The summed E-state index contributed by atoms with van der Waals surface area (Å²) in [6, 6.07) is 5.54. The summed E-state index contributed by atoms with van der Waals surface area (Å²) in [6.07, 6.45) is 10.2. The smallest absolute Gasteiger partial charge is 0.222 e. The third kappa shape index (κ3) is 5.41. The number of pyridine rings is 1. The summed E-state index contributed by atoms with van der Waals surface area (Å²) in [5, 5.41) is 5.92. The molecule has 0 aliphatic heterocycles. The molecular weight excluding hydrogens is 318 g/mol. The van der Waals surface area contributed by atoms with Crippen LogP contribution in [0.5, 0.6) is 5.88 Å². The fourth-order valence-corrected chi connectivity index (χ4v) is 2.79. The van der Waals surface area contributed by atoms with Gasteiger partial charge in [-0.2, -0.15) is 0 Å². The normalized spacial score (nSPS) is 14.2. The molecule has 0 saturated heterocycles. The number of carbonyl (C=O) groups is 1. The lowest BCUT2D eigenvalue weighted by Crippen LogP contribution is -2.25. The fraction of sp³-hybridized carbons (Fsp3) is 0.444. The SMILES string of the molecule is O=C(CCNc1ncccn1)NCc1cccnc1OC1CCCC1. The number of rotatable bonds is 8. The van der Waals surface area contributed by atoms with E-state index >= 15 is 0 Å². The quantitative estimate of drug-likeness (QED) is 0.766. The average Bonchev–Trinajstić information content (AvgIpc) is 3.15. The van der Waals surface area contributed by atoms with E-state index in [4.69, 9.17) is 4.74 Å². The lowest BCUT2D eigenvalue weighted by atomic mass is 10.2. The molecule has 0 atom stereocenters. The Morgan fingerprint density at radius 3 is 2.68 bits per heavy atom. The van der Waals surface area contributed by atoms with Crippen LogP contribution in [-0.4, -0.2) is 33.5 Å². The van der Waals surface area contributed by atoms with Gasteiger partial charge in [0.1, 0.15) is 6.10 Å². The molecule has 1 fully saturated rings. The molecule has 3 rings (SSSR count). The zero-order valence-electron chi connectivity index (χ0n) is 14.1. The van der Waals surface area contributed by atoms with Crippen LogP contribution < -0.4 is 15.4 Å². The van der Waals surface area contributed by atoms with E-state index in [0.29, 0.717) is 31.3 Å². The third-order valence-electron chi connectivity index (χ3n) is 4.11. The Hall–Kier alpha value is -2.70. The van der Waals surface area contributed by atoms with Crippen molar-refractivity contribution >= 4 is 11.9 Å². The summed E-state index contributed by atoms with van der Waals surface area (Å²) >= 11 is 0. The van der Waals surface area contributed by atoms with E-state index in [-0.39, 0.29) is 12.0 Å². The molecule has 0 bridgehead atoms. The summed E-state index contributed by atoms with van der Waals surface area (Å²) < 4.78 is 5.99. The van der Waals surface area contributed by atoms with Crippen molar-refractivity contribution in [1.82, 2.24) is 20.3 Å². The number of ether oxygens (including phenoxy) is 1. The van der Waals surface area contributed by atoms with Crippen LogP contribution in [0.4, 0.5) is 5.95 Å². The summed E-state index contributed by atoms with van der Waals surface area (Å²) in [7, 11) is 0. The lowest BCUT2D eigenvalue weighted by Gasteiger charge is -2.15. The van der Waals surface area contributed by atoms with Gasteiger partial charge in [-0.15, -0.1) is 0 Å². The Kier molecular flexibility index (Phi) is 6.14. The van der Waals surface area contributed by atoms with Crippen molar-refractivity contribution in [2.75, 3.05) is 11.9 Å². The Balaban J connectivity index is 1.43. The van der Waals surface area contributed by atoms with Crippen molar-refractivity contribution < 1.29 is 9.53 Å². The van der Waals surface area contributed by atoms with Crippen molar-refractivity contribution in [3.63, 3.8) is 0 Å². The van der Waals surface area contributed by atoms with Gasteiger partial charge in [0.15, 0.2) is 0 Å². The van der Waals surface area contributed by atoms with Crippen molar-refractivity contribution in [2.24, 2.45) is 0 Å². The third-order valence-corrected chi connectivity index (χ3v) is 4.11. The molecule has 0 spiro atoms. The van der Waals surface area contributed by atoms with Crippen molar-refractivity contribution in [3.05, 3.63) is 42.4 Å². The molecule has 0 aromatic carbocycles. The van der Waals surface area contributed by atoms with Gasteiger partial charge >= 0.3 is 0 Å². The molecule has 132 valence electrons. The molecule has 0 unspecified atom stereocenters. The maximum absolute atomic E-state index is 12.0.